The molecule has 0 radical (unpaired) electrons. The van der Waals surface area contributed by atoms with Crippen LogP contribution >= 0.6 is 0 Å². The van der Waals surface area contributed by atoms with Crippen molar-refractivity contribution in [1.82, 2.24) is 20.6 Å². The van der Waals surface area contributed by atoms with Gasteiger partial charge in [-0.25, -0.2) is 9.59 Å². The molecule has 41 heavy (non-hydrogen) atoms. The highest BCUT2D eigenvalue weighted by Gasteiger charge is 2.25. The van der Waals surface area contributed by atoms with Crippen molar-refractivity contribution in [3.63, 3.8) is 0 Å². The lowest BCUT2D eigenvalue weighted by molar-refractivity contribution is -0.143. The molecule has 1 aliphatic heterocycles. The number of aliphatic carboxylic acids is 3. The van der Waals surface area contributed by atoms with E-state index in [9.17, 15) is 33.9 Å². The summed E-state index contributed by atoms with van der Waals surface area (Å²) in [6.45, 7) is 0.636. The van der Waals surface area contributed by atoms with Crippen molar-refractivity contribution in [3.05, 3.63) is 51.3 Å². The molecule has 0 aliphatic carbocycles. The van der Waals surface area contributed by atoms with Crippen LogP contribution in [0, 0.1) is 5.92 Å². The van der Waals surface area contributed by atoms with Crippen molar-refractivity contribution in [2.24, 2.45) is 5.92 Å². The number of aryl methyl sites for hydroxylation is 1. The Labute approximate surface area is 233 Å². The Kier molecular flexibility index (Phi) is 10.4. The Morgan fingerprint density at radius 1 is 0.976 bits per heavy atom. The molecule has 0 saturated heterocycles. The maximum absolute atomic E-state index is 12.6. The SMILES string of the molecule is Nc1nc2c(c(=O)[nH]1)CC(CCc1ccc(C(=O)[15NH][C@@H](CCC(=O)[15NH][C@@H](CCC(=O)O)C(=O)O)C(=O)O)cc1)CN2. The molecule has 1 aliphatic rings. The van der Waals surface area contributed by atoms with Crippen LogP contribution in [0.3, 0.4) is 0 Å². The second kappa shape index (κ2) is 13.9. The highest BCUT2D eigenvalue weighted by molar-refractivity contribution is 5.96. The minimum Gasteiger partial charge on any atom is -0.481 e. The molecule has 3 atom stereocenters. The van der Waals surface area contributed by atoms with Gasteiger partial charge in [0.15, 0.2) is 0 Å². The number of nitrogen functional groups attached to an aromatic ring is 1. The molecule has 0 bridgehead atoms. The van der Waals surface area contributed by atoms with Crippen molar-refractivity contribution >= 4 is 41.5 Å². The summed E-state index contributed by atoms with van der Waals surface area (Å²) < 4.78 is 0. The number of amides is 2. The third-order valence-corrected chi connectivity index (χ3v) is 6.69. The Morgan fingerprint density at radius 2 is 1.61 bits per heavy atom. The number of fused-ring (bicyclic) bond motifs is 1. The van der Waals surface area contributed by atoms with E-state index in [1.165, 1.54) is 0 Å². The quantitative estimate of drug-likeness (QED) is 0.138. The average molecular weight is 575 g/mol. The number of hydrogen-bond donors (Lipinski definition) is 8. The molecular weight excluding hydrogens is 542 g/mol. The molecule has 3 rings (SSSR count). The summed E-state index contributed by atoms with van der Waals surface area (Å²) in [6, 6.07) is 3.77. The summed E-state index contributed by atoms with van der Waals surface area (Å²) in [7, 11) is 0. The first-order chi connectivity index (χ1) is 19.4. The molecular formula is C26H32N6O9. The van der Waals surface area contributed by atoms with Gasteiger partial charge < -0.3 is 37.0 Å². The van der Waals surface area contributed by atoms with Gasteiger partial charge in [0.1, 0.15) is 17.9 Å². The van der Waals surface area contributed by atoms with Gasteiger partial charge in [0.2, 0.25) is 11.9 Å². The molecule has 15 nitrogen and oxygen atoms in total. The lowest BCUT2D eigenvalue weighted by Crippen LogP contribution is -2.44. The number of carboxylic acids is 3. The predicted molar refractivity (Wildman–Crippen MR) is 144 cm³/mol. The molecule has 0 saturated carbocycles. The van der Waals surface area contributed by atoms with E-state index in [0.29, 0.717) is 30.8 Å². The Hall–Kier alpha value is -4.95. The second-order valence-corrected chi connectivity index (χ2v) is 9.76. The zero-order valence-electron chi connectivity index (χ0n) is 22.0. The van der Waals surface area contributed by atoms with Gasteiger partial charge in [-0.1, -0.05) is 12.1 Å². The fraction of sp³-hybridized carbons (Fsp3) is 0.423. The number of nitrogens with one attached hydrogen (secondary N) is 4. The van der Waals surface area contributed by atoms with Crippen molar-refractivity contribution in [2.75, 3.05) is 17.6 Å². The number of nitrogens with zero attached hydrogens (tertiary/aromatic N) is 1. The molecule has 15 heteroatoms. The van der Waals surface area contributed by atoms with E-state index in [0.717, 1.165) is 12.0 Å². The topological polar surface area (TPSA) is 254 Å². The van der Waals surface area contributed by atoms with Gasteiger partial charge in [0.25, 0.3) is 11.5 Å². The molecule has 2 heterocycles. The monoisotopic (exact) mass is 574 g/mol. The van der Waals surface area contributed by atoms with Crippen molar-refractivity contribution < 1.29 is 39.3 Å². The van der Waals surface area contributed by atoms with Crippen molar-refractivity contribution in [2.45, 2.75) is 57.0 Å². The normalized spacial score (nSPS) is 15.5. The fourth-order valence-electron chi connectivity index (χ4n) is 4.42. The zero-order valence-corrected chi connectivity index (χ0v) is 22.0. The number of anilines is 2. The van der Waals surface area contributed by atoms with Gasteiger partial charge >= 0.3 is 17.9 Å². The van der Waals surface area contributed by atoms with E-state index >= 15 is 0 Å². The number of benzene rings is 1. The Bertz CT molecular complexity index is 1360. The largest absolute Gasteiger partial charge is 0.481 e. The number of carbonyl (C=O) groups excluding carboxylic acids is 2. The van der Waals surface area contributed by atoms with Gasteiger partial charge in [0.05, 0.1) is 5.56 Å². The summed E-state index contributed by atoms with van der Waals surface area (Å²) in [6.07, 6.45) is 0.501. The first kappa shape index (κ1) is 30.6. The van der Waals surface area contributed by atoms with Crippen LogP contribution in [0.2, 0.25) is 0 Å². The van der Waals surface area contributed by atoms with Crippen LogP contribution in [0.25, 0.3) is 0 Å². The highest BCUT2D eigenvalue weighted by atomic mass is 16.4. The minimum atomic E-state index is -1.43. The molecule has 220 valence electrons. The standard InChI is InChI=1S/C26H32N6O9/c27-26-31-21-16(23(37)32-26)11-14(12-28-21)2-1-13-3-5-15(6-4-13)22(36)30-18(25(40)41)7-9-19(33)29-17(24(38)39)8-10-20(34)35/h3-6,14,17-18H,1-2,7-12H2,(H,29,33)(H,30,36)(H,34,35)(H,38,39)(H,40,41)(H4,27,28,31,32,37)/t14?,17-,18-/m0/s1/i29+1,30+1. The highest BCUT2D eigenvalue weighted by Crippen LogP contribution is 2.23. The Morgan fingerprint density at radius 3 is 2.24 bits per heavy atom. The molecule has 0 spiro atoms. The number of H-pyrrole nitrogens is 1. The summed E-state index contributed by atoms with van der Waals surface area (Å²) >= 11 is 0. The van der Waals surface area contributed by atoms with Crippen LogP contribution in [0.4, 0.5) is 11.8 Å². The number of carbonyl (C=O) groups is 5. The van der Waals surface area contributed by atoms with Crippen LogP contribution in [0.15, 0.2) is 29.1 Å². The van der Waals surface area contributed by atoms with Gasteiger partial charge in [-0.05, 0) is 55.7 Å². The lowest BCUT2D eigenvalue weighted by atomic mass is 9.91. The van der Waals surface area contributed by atoms with Crippen LogP contribution < -0.4 is 27.2 Å². The number of nitrogens with two attached hydrogens (primary N) is 1. The molecule has 2 aromatic rings. The third kappa shape index (κ3) is 9.05. The number of aromatic nitrogens is 2. The van der Waals surface area contributed by atoms with Crippen molar-refractivity contribution in [3.8, 4) is 0 Å². The van der Waals surface area contributed by atoms with E-state index < -0.39 is 54.6 Å². The molecule has 0 fully saturated rings. The summed E-state index contributed by atoms with van der Waals surface area (Å²) in [5.74, 6) is -4.70. The Balaban J connectivity index is 1.49. The minimum absolute atomic E-state index is 0.0582. The molecule has 1 aromatic heterocycles. The van der Waals surface area contributed by atoms with Gasteiger partial charge in [-0.2, -0.15) is 4.98 Å². The smallest absolute Gasteiger partial charge is 0.326 e. The maximum atomic E-state index is 12.6. The molecule has 9 N–H and O–H groups in total. The van der Waals surface area contributed by atoms with E-state index in [1.807, 2.05) is 0 Å². The zero-order chi connectivity index (χ0) is 30.1. The summed E-state index contributed by atoms with van der Waals surface area (Å²) in [5.41, 5.74) is 7.04. The second-order valence-electron chi connectivity index (χ2n) is 9.76. The van der Waals surface area contributed by atoms with E-state index in [4.69, 9.17) is 15.9 Å². The first-order valence-electron chi connectivity index (χ1n) is 12.9. The number of hydrogen-bond acceptors (Lipinski definition) is 9. The summed E-state index contributed by atoms with van der Waals surface area (Å²) in [5, 5.41) is 35.0. The van der Waals surface area contributed by atoms with E-state index in [1.54, 1.807) is 24.3 Å². The van der Waals surface area contributed by atoms with Gasteiger partial charge in [-0.15, -0.1) is 0 Å². The lowest BCUT2D eigenvalue weighted by Gasteiger charge is -2.24. The number of carboxylic acid groups (broad SMARTS) is 3. The van der Waals surface area contributed by atoms with E-state index in [2.05, 4.69) is 25.9 Å². The van der Waals surface area contributed by atoms with Crippen LogP contribution in [-0.4, -0.2) is 73.6 Å². The van der Waals surface area contributed by atoms with Crippen LogP contribution in [0.1, 0.15) is 53.6 Å². The molecule has 2 amide bonds. The predicted octanol–water partition coefficient (Wildman–Crippen LogP) is -0.0335. The summed E-state index contributed by atoms with van der Waals surface area (Å²) in [4.78, 5) is 77.1. The average Bonchev–Trinajstić information content (AvgIpc) is 2.91. The van der Waals surface area contributed by atoms with E-state index in [-0.39, 0.29) is 35.8 Å². The van der Waals surface area contributed by atoms with Crippen molar-refractivity contribution in [1.29, 1.82) is 0 Å². The fourth-order valence-corrected chi connectivity index (χ4v) is 4.42. The maximum Gasteiger partial charge on any atom is 0.326 e. The van der Waals surface area contributed by atoms with Gasteiger partial charge in [0, 0.05) is 24.9 Å². The van der Waals surface area contributed by atoms with Crippen LogP contribution in [0.5, 0.6) is 0 Å². The molecule has 1 aromatic carbocycles. The third-order valence-electron chi connectivity index (χ3n) is 6.69. The molecule has 1 unspecified atom stereocenters. The number of aromatic amines is 1. The first-order valence-corrected chi connectivity index (χ1v) is 12.9. The number of rotatable bonds is 14. The van der Waals surface area contributed by atoms with Crippen LogP contribution in [-0.2, 0) is 32.0 Å². The van der Waals surface area contributed by atoms with Gasteiger partial charge in [-0.3, -0.25) is 24.2 Å².